The molecule has 3 rings (SSSR count). The maximum Gasteiger partial charge on any atom is 0.185 e. The molecular formula is C24H23N9O2. The second kappa shape index (κ2) is 11.2. The molecule has 0 aliphatic carbocycles. The predicted octanol–water partition coefficient (Wildman–Crippen LogP) is 3.49. The van der Waals surface area contributed by atoms with E-state index in [1.165, 1.54) is 19.4 Å². The Labute approximate surface area is 202 Å². The van der Waals surface area contributed by atoms with Crippen LogP contribution in [0.5, 0.6) is 5.75 Å². The summed E-state index contributed by atoms with van der Waals surface area (Å²) in [5.41, 5.74) is 1.64. The fraction of sp³-hybridized carbons (Fsp3) is 0.208. The summed E-state index contributed by atoms with van der Waals surface area (Å²) in [5, 5.41) is 19.5. The SMILES string of the molecule is C#C/C=C(\N=C(C)C#N)Nc1cc(Nc2nccc(-c3ncn(C)n3)c2OC)c(C(=O)CC)cn1. The largest absolute Gasteiger partial charge is 0.492 e. The molecule has 0 aromatic carbocycles. The molecule has 35 heavy (non-hydrogen) atoms. The number of pyridine rings is 2. The zero-order valence-corrected chi connectivity index (χ0v) is 19.7. The number of carbonyl (C=O) groups excluding carboxylic acids is 1. The van der Waals surface area contributed by atoms with E-state index in [9.17, 15) is 4.79 Å². The molecule has 0 aliphatic heterocycles. The number of carbonyl (C=O) groups is 1. The van der Waals surface area contributed by atoms with Crippen molar-refractivity contribution < 1.29 is 9.53 Å². The fourth-order valence-corrected chi connectivity index (χ4v) is 3.06. The summed E-state index contributed by atoms with van der Waals surface area (Å²) < 4.78 is 7.19. The van der Waals surface area contributed by atoms with Crippen LogP contribution >= 0.6 is 0 Å². The van der Waals surface area contributed by atoms with Gasteiger partial charge in [0.25, 0.3) is 0 Å². The van der Waals surface area contributed by atoms with Crippen molar-refractivity contribution in [1.82, 2.24) is 24.7 Å². The normalized spacial score (nSPS) is 11.4. The molecular weight excluding hydrogens is 446 g/mol. The number of aryl methyl sites for hydroxylation is 1. The topological polar surface area (TPSA) is 143 Å². The molecule has 11 heteroatoms. The van der Waals surface area contributed by atoms with Crippen LogP contribution in [0, 0.1) is 23.7 Å². The Hall–Kier alpha value is -5.03. The molecule has 11 nitrogen and oxygen atoms in total. The average molecular weight is 470 g/mol. The second-order valence-electron chi connectivity index (χ2n) is 7.13. The van der Waals surface area contributed by atoms with Crippen molar-refractivity contribution in [3.8, 4) is 35.6 Å². The number of ketones is 1. The number of aromatic nitrogens is 5. The third kappa shape index (κ3) is 5.86. The number of terminal acetylenes is 1. The Balaban J connectivity index is 2.05. The van der Waals surface area contributed by atoms with E-state index in [1.54, 1.807) is 50.2 Å². The first-order valence-corrected chi connectivity index (χ1v) is 10.5. The zero-order valence-electron chi connectivity index (χ0n) is 19.7. The summed E-state index contributed by atoms with van der Waals surface area (Å²) in [5.74, 6) is 4.07. The minimum atomic E-state index is -0.120. The van der Waals surface area contributed by atoms with Crippen LogP contribution in [-0.2, 0) is 7.05 Å². The number of nitrogens with zero attached hydrogens (tertiary/aromatic N) is 7. The van der Waals surface area contributed by atoms with E-state index in [0.29, 0.717) is 40.0 Å². The second-order valence-corrected chi connectivity index (χ2v) is 7.13. The Morgan fingerprint density at radius 1 is 1.37 bits per heavy atom. The van der Waals surface area contributed by atoms with Crippen molar-refractivity contribution in [2.75, 3.05) is 17.7 Å². The van der Waals surface area contributed by atoms with Crippen LogP contribution in [0.2, 0.25) is 0 Å². The molecule has 0 radical (unpaired) electrons. The highest BCUT2D eigenvalue weighted by Gasteiger charge is 2.19. The molecule has 0 atom stereocenters. The highest BCUT2D eigenvalue weighted by atomic mass is 16.5. The third-order valence-electron chi connectivity index (χ3n) is 4.65. The molecule has 0 unspecified atom stereocenters. The number of anilines is 3. The molecule has 0 bridgehead atoms. The Bertz CT molecular complexity index is 1390. The minimum absolute atomic E-state index is 0.120. The van der Waals surface area contributed by atoms with Crippen molar-refractivity contribution in [1.29, 1.82) is 5.26 Å². The summed E-state index contributed by atoms with van der Waals surface area (Å²) in [6.07, 6.45) is 11.6. The van der Waals surface area contributed by atoms with E-state index in [0.717, 1.165) is 0 Å². The van der Waals surface area contributed by atoms with Crippen molar-refractivity contribution in [2.24, 2.45) is 12.0 Å². The molecule has 3 heterocycles. The number of methoxy groups -OCH3 is 1. The molecule has 3 aromatic heterocycles. The van der Waals surface area contributed by atoms with Crippen molar-refractivity contribution in [2.45, 2.75) is 20.3 Å². The van der Waals surface area contributed by atoms with Crippen LogP contribution in [0.1, 0.15) is 30.6 Å². The quantitative estimate of drug-likeness (QED) is 0.273. The number of rotatable bonds is 9. The molecule has 0 saturated heterocycles. The highest BCUT2D eigenvalue weighted by Crippen LogP contribution is 2.35. The Kier molecular flexibility index (Phi) is 7.88. The van der Waals surface area contributed by atoms with Crippen molar-refractivity contribution >= 4 is 28.8 Å². The number of hydrogen-bond acceptors (Lipinski definition) is 10. The number of nitriles is 1. The van der Waals surface area contributed by atoms with Gasteiger partial charge in [0.15, 0.2) is 23.2 Å². The van der Waals surface area contributed by atoms with Gasteiger partial charge in [0, 0.05) is 38.0 Å². The van der Waals surface area contributed by atoms with Gasteiger partial charge in [-0.2, -0.15) is 10.4 Å². The summed E-state index contributed by atoms with van der Waals surface area (Å²) >= 11 is 0. The van der Waals surface area contributed by atoms with E-state index in [2.05, 4.69) is 41.6 Å². The lowest BCUT2D eigenvalue weighted by molar-refractivity contribution is 0.0988. The molecule has 3 aromatic rings. The van der Waals surface area contributed by atoms with E-state index in [-0.39, 0.29) is 23.7 Å². The monoisotopic (exact) mass is 469 g/mol. The van der Waals surface area contributed by atoms with Gasteiger partial charge in [-0.3, -0.25) is 9.48 Å². The molecule has 0 saturated carbocycles. The number of aliphatic imine (C=N–C) groups is 1. The molecule has 0 fully saturated rings. The fourth-order valence-electron chi connectivity index (χ4n) is 3.06. The van der Waals surface area contributed by atoms with Crippen molar-refractivity contribution in [3.63, 3.8) is 0 Å². The van der Waals surface area contributed by atoms with Crippen LogP contribution in [-0.4, -0.2) is 43.3 Å². The first kappa shape index (κ1) is 24.6. The van der Waals surface area contributed by atoms with E-state index < -0.39 is 0 Å². The number of allylic oxidation sites excluding steroid dienone is 1. The summed E-state index contributed by atoms with van der Waals surface area (Å²) in [6.45, 7) is 3.31. The van der Waals surface area contributed by atoms with Crippen LogP contribution in [0.3, 0.4) is 0 Å². The maximum absolute atomic E-state index is 12.6. The van der Waals surface area contributed by atoms with Crippen molar-refractivity contribution in [3.05, 3.63) is 48.3 Å². The van der Waals surface area contributed by atoms with Gasteiger partial charge in [-0.05, 0) is 13.0 Å². The predicted molar refractivity (Wildman–Crippen MR) is 132 cm³/mol. The van der Waals surface area contributed by atoms with Gasteiger partial charge in [0.2, 0.25) is 0 Å². The number of nitrogens with one attached hydrogen (secondary N) is 2. The average Bonchev–Trinajstić information content (AvgIpc) is 3.29. The number of ether oxygens (including phenoxy) is 1. The Morgan fingerprint density at radius 3 is 2.80 bits per heavy atom. The van der Waals surface area contributed by atoms with Gasteiger partial charge in [-0.15, -0.1) is 6.42 Å². The maximum atomic E-state index is 12.6. The van der Waals surface area contributed by atoms with E-state index in [1.807, 2.05) is 6.07 Å². The first-order chi connectivity index (χ1) is 16.9. The summed E-state index contributed by atoms with van der Waals surface area (Å²) in [7, 11) is 3.28. The van der Waals surface area contributed by atoms with Gasteiger partial charge in [0.1, 0.15) is 29.7 Å². The summed E-state index contributed by atoms with van der Waals surface area (Å²) in [4.78, 5) is 29.7. The highest BCUT2D eigenvalue weighted by molar-refractivity contribution is 6.02. The lowest BCUT2D eigenvalue weighted by atomic mass is 10.1. The standard InChI is InChI=1S/C24H23N9O2/c1-6-8-20(29-15(3)12-25)31-21-11-18(17(13-27-21)19(34)7-2)30-24-22(35-5)16(9-10-26-24)23-28-14-33(4)32-23/h1,8-11,13-14H,7H2,2-5H3,(H2,26,27,30,31)/b20-8+,29-15?. The van der Waals surface area contributed by atoms with E-state index >= 15 is 0 Å². The smallest absolute Gasteiger partial charge is 0.185 e. The Morgan fingerprint density at radius 2 is 2.17 bits per heavy atom. The molecule has 2 N–H and O–H groups in total. The number of Topliss-reactive ketones (excluding diaryl/α,β-unsaturated/α-hetero) is 1. The van der Waals surface area contributed by atoms with Crippen LogP contribution in [0.4, 0.5) is 17.3 Å². The molecule has 0 aliphatic rings. The van der Waals surface area contributed by atoms with Crippen LogP contribution in [0.25, 0.3) is 11.4 Å². The van der Waals surface area contributed by atoms with Gasteiger partial charge >= 0.3 is 0 Å². The summed E-state index contributed by atoms with van der Waals surface area (Å²) in [6, 6.07) is 5.30. The number of hydrogen-bond donors (Lipinski definition) is 2. The van der Waals surface area contributed by atoms with Gasteiger partial charge in [0.05, 0.1) is 23.9 Å². The van der Waals surface area contributed by atoms with Crippen LogP contribution in [0.15, 0.2) is 47.7 Å². The molecule has 176 valence electrons. The lowest BCUT2D eigenvalue weighted by Crippen LogP contribution is -2.08. The van der Waals surface area contributed by atoms with Gasteiger partial charge in [-0.25, -0.2) is 19.9 Å². The third-order valence-corrected chi connectivity index (χ3v) is 4.65. The molecule has 0 spiro atoms. The zero-order chi connectivity index (χ0) is 25.4. The van der Waals surface area contributed by atoms with Gasteiger partial charge < -0.3 is 15.4 Å². The minimum Gasteiger partial charge on any atom is -0.492 e. The molecule has 0 amide bonds. The van der Waals surface area contributed by atoms with Crippen LogP contribution < -0.4 is 15.4 Å². The lowest BCUT2D eigenvalue weighted by Gasteiger charge is -2.16. The first-order valence-electron chi connectivity index (χ1n) is 10.5. The van der Waals surface area contributed by atoms with Gasteiger partial charge in [-0.1, -0.05) is 12.8 Å². The van der Waals surface area contributed by atoms with E-state index in [4.69, 9.17) is 16.4 Å².